The van der Waals surface area contributed by atoms with Crippen LogP contribution in [0.4, 0.5) is 0 Å². The summed E-state index contributed by atoms with van der Waals surface area (Å²) in [5.74, 6) is 0. The number of allylic oxidation sites excluding steroid dienone is 1. The van der Waals surface area contributed by atoms with Crippen molar-refractivity contribution in [2.24, 2.45) is 0 Å². The zero-order valence-electron chi connectivity index (χ0n) is 7.10. The van der Waals surface area contributed by atoms with Crippen molar-refractivity contribution in [3.05, 3.63) is 39.4 Å². The lowest BCUT2D eigenvalue weighted by Crippen LogP contribution is -1.97. The van der Waals surface area contributed by atoms with E-state index in [0.717, 1.165) is 0 Å². The van der Waals surface area contributed by atoms with Crippen LogP contribution in [0.5, 0.6) is 0 Å². The molecule has 0 nitrogen and oxygen atoms in total. The maximum absolute atomic E-state index is 3.51. The number of hydrogen-bond donors (Lipinski definition) is 0. The fraction of sp³-hybridized carbons (Fsp3) is 0.273. The van der Waals surface area contributed by atoms with Crippen LogP contribution in [0.15, 0.2) is 22.7 Å². The molecule has 1 heteroatoms. The van der Waals surface area contributed by atoms with Crippen molar-refractivity contribution >= 4 is 22.0 Å². The first-order valence-corrected chi connectivity index (χ1v) is 5.02. The van der Waals surface area contributed by atoms with E-state index in [0.29, 0.717) is 0 Å². The van der Waals surface area contributed by atoms with E-state index < -0.39 is 0 Å². The Balaban J connectivity index is 2.62. The Kier molecular flexibility index (Phi) is 2.05. The Bertz CT molecular complexity index is 337. The summed E-state index contributed by atoms with van der Waals surface area (Å²) in [5, 5.41) is 0. The summed E-state index contributed by atoms with van der Waals surface area (Å²) in [4.78, 5) is 0. The molecule has 0 bridgehead atoms. The van der Waals surface area contributed by atoms with Gasteiger partial charge in [0, 0.05) is 4.47 Å². The number of benzene rings is 1. The molecule has 0 spiro atoms. The number of halogens is 1. The van der Waals surface area contributed by atoms with Gasteiger partial charge in [-0.05, 0) is 48.6 Å². The molecule has 62 valence electrons. The minimum atomic E-state index is 1.19. The second-order valence-corrected chi connectivity index (χ2v) is 4.15. The third-order valence-electron chi connectivity index (χ3n) is 2.33. The molecular formula is C11H11Br. The number of hydrogen-bond acceptors (Lipinski definition) is 0. The minimum absolute atomic E-state index is 1.19. The van der Waals surface area contributed by atoms with E-state index in [2.05, 4.69) is 47.1 Å². The molecule has 0 saturated carbocycles. The van der Waals surface area contributed by atoms with Crippen molar-refractivity contribution < 1.29 is 0 Å². The van der Waals surface area contributed by atoms with Gasteiger partial charge in [-0.2, -0.15) is 0 Å². The lowest BCUT2D eigenvalue weighted by atomic mass is 9.94. The van der Waals surface area contributed by atoms with Crippen molar-refractivity contribution in [2.45, 2.75) is 19.8 Å². The Morgan fingerprint density at radius 3 is 3.00 bits per heavy atom. The fourth-order valence-electron chi connectivity index (χ4n) is 1.73. The van der Waals surface area contributed by atoms with Gasteiger partial charge < -0.3 is 0 Å². The second-order valence-electron chi connectivity index (χ2n) is 3.23. The van der Waals surface area contributed by atoms with E-state index >= 15 is 0 Å². The molecule has 0 unspecified atom stereocenters. The Labute approximate surface area is 81.4 Å². The molecule has 0 N–H and O–H groups in total. The van der Waals surface area contributed by atoms with E-state index in [9.17, 15) is 0 Å². The zero-order chi connectivity index (χ0) is 8.55. The van der Waals surface area contributed by atoms with Crippen molar-refractivity contribution in [3.8, 4) is 0 Å². The van der Waals surface area contributed by atoms with Gasteiger partial charge in [0.25, 0.3) is 0 Å². The van der Waals surface area contributed by atoms with Crippen LogP contribution < -0.4 is 0 Å². The molecule has 1 aliphatic carbocycles. The first-order valence-electron chi connectivity index (χ1n) is 4.23. The topological polar surface area (TPSA) is 0 Å². The third-order valence-corrected chi connectivity index (χ3v) is 2.79. The molecule has 2 rings (SSSR count). The SMILES string of the molecule is Cc1cc(Br)cc2c1CCC=C2. The van der Waals surface area contributed by atoms with Crippen molar-refractivity contribution in [2.75, 3.05) is 0 Å². The molecule has 0 heterocycles. The maximum Gasteiger partial charge on any atom is 0.0184 e. The first-order chi connectivity index (χ1) is 5.77. The van der Waals surface area contributed by atoms with Gasteiger partial charge in [-0.15, -0.1) is 0 Å². The molecule has 0 atom stereocenters. The molecule has 0 aliphatic heterocycles. The molecule has 0 aromatic heterocycles. The van der Waals surface area contributed by atoms with Crippen molar-refractivity contribution in [1.29, 1.82) is 0 Å². The van der Waals surface area contributed by atoms with Gasteiger partial charge in [0.15, 0.2) is 0 Å². The Morgan fingerprint density at radius 2 is 2.17 bits per heavy atom. The summed E-state index contributed by atoms with van der Waals surface area (Å²) in [5.41, 5.74) is 4.30. The molecule has 0 saturated heterocycles. The lowest BCUT2D eigenvalue weighted by Gasteiger charge is -2.13. The zero-order valence-corrected chi connectivity index (χ0v) is 8.69. The monoisotopic (exact) mass is 222 g/mol. The van der Waals surface area contributed by atoms with Crippen LogP contribution in [-0.2, 0) is 6.42 Å². The Hall–Kier alpha value is -0.560. The average Bonchev–Trinajstić information content (AvgIpc) is 2.04. The van der Waals surface area contributed by atoms with Crippen LogP contribution in [0.25, 0.3) is 6.08 Å². The molecular weight excluding hydrogens is 212 g/mol. The quantitative estimate of drug-likeness (QED) is 0.628. The predicted octanol–water partition coefficient (Wildman–Crippen LogP) is 3.72. The highest BCUT2D eigenvalue weighted by molar-refractivity contribution is 9.10. The normalized spacial score (nSPS) is 14.5. The van der Waals surface area contributed by atoms with E-state index in [1.165, 1.54) is 34.0 Å². The highest BCUT2D eigenvalue weighted by Gasteiger charge is 2.07. The second kappa shape index (κ2) is 3.06. The summed E-state index contributed by atoms with van der Waals surface area (Å²) < 4.78 is 1.19. The Morgan fingerprint density at radius 1 is 1.33 bits per heavy atom. The van der Waals surface area contributed by atoms with E-state index in [1.807, 2.05) is 0 Å². The molecule has 0 fully saturated rings. The number of aryl methyl sites for hydroxylation is 1. The third kappa shape index (κ3) is 1.34. The van der Waals surface area contributed by atoms with Crippen LogP contribution in [0.3, 0.4) is 0 Å². The van der Waals surface area contributed by atoms with Gasteiger partial charge >= 0.3 is 0 Å². The summed E-state index contributed by atoms with van der Waals surface area (Å²) in [6, 6.07) is 4.38. The fourth-order valence-corrected chi connectivity index (χ4v) is 2.32. The van der Waals surface area contributed by atoms with Gasteiger partial charge in [-0.3, -0.25) is 0 Å². The van der Waals surface area contributed by atoms with Gasteiger partial charge in [0.1, 0.15) is 0 Å². The maximum atomic E-state index is 3.51. The molecule has 0 radical (unpaired) electrons. The average molecular weight is 223 g/mol. The number of rotatable bonds is 0. The van der Waals surface area contributed by atoms with Gasteiger partial charge in [-0.1, -0.05) is 28.1 Å². The summed E-state index contributed by atoms with van der Waals surface area (Å²) in [6.07, 6.45) is 6.85. The van der Waals surface area contributed by atoms with Crippen LogP contribution in [0.2, 0.25) is 0 Å². The smallest absolute Gasteiger partial charge is 0.0184 e. The van der Waals surface area contributed by atoms with Gasteiger partial charge in [-0.25, -0.2) is 0 Å². The predicted molar refractivity (Wildman–Crippen MR) is 56.2 cm³/mol. The lowest BCUT2D eigenvalue weighted by molar-refractivity contribution is 0.970. The summed E-state index contributed by atoms with van der Waals surface area (Å²) in [7, 11) is 0. The standard InChI is InChI=1S/C11H11Br/c1-8-6-10(12)7-9-4-2-3-5-11(8)9/h2,4,6-7H,3,5H2,1H3. The van der Waals surface area contributed by atoms with Crippen LogP contribution >= 0.6 is 15.9 Å². The van der Waals surface area contributed by atoms with Crippen LogP contribution in [0, 0.1) is 6.92 Å². The van der Waals surface area contributed by atoms with E-state index in [-0.39, 0.29) is 0 Å². The molecule has 1 aromatic carbocycles. The molecule has 1 aliphatic rings. The van der Waals surface area contributed by atoms with Gasteiger partial charge in [0.05, 0.1) is 0 Å². The van der Waals surface area contributed by atoms with Crippen molar-refractivity contribution in [1.82, 2.24) is 0 Å². The van der Waals surface area contributed by atoms with E-state index in [1.54, 1.807) is 0 Å². The highest BCUT2D eigenvalue weighted by atomic mass is 79.9. The van der Waals surface area contributed by atoms with Crippen molar-refractivity contribution in [3.63, 3.8) is 0 Å². The van der Waals surface area contributed by atoms with Gasteiger partial charge in [0.2, 0.25) is 0 Å². The highest BCUT2D eigenvalue weighted by Crippen LogP contribution is 2.26. The molecule has 1 aromatic rings. The first kappa shape index (κ1) is 8.06. The number of fused-ring (bicyclic) bond motifs is 1. The molecule has 12 heavy (non-hydrogen) atoms. The summed E-state index contributed by atoms with van der Waals surface area (Å²) in [6.45, 7) is 2.18. The largest absolute Gasteiger partial charge is 0.0836 e. The minimum Gasteiger partial charge on any atom is -0.0836 e. The van der Waals surface area contributed by atoms with E-state index in [4.69, 9.17) is 0 Å². The summed E-state index contributed by atoms with van der Waals surface area (Å²) >= 11 is 3.51. The molecule has 0 amide bonds. The van der Waals surface area contributed by atoms with Crippen LogP contribution in [-0.4, -0.2) is 0 Å². The van der Waals surface area contributed by atoms with Crippen LogP contribution in [0.1, 0.15) is 23.1 Å².